The summed E-state index contributed by atoms with van der Waals surface area (Å²) in [5, 5.41) is 15.1. The zero-order valence-corrected chi connectivity index (χ0v) is 14.9. The van der Waals surface area contributed by atoms with Gasteiger partial charge in [-0.05, 0) is 57.9 Å². The summed E-state index contributed by atoms with van der Waals surface area (Å²) in [6.45, 7) is 8.11. The van der Waals surface area contributed by atoms with Gasteiger partial charge in [-0.2, -0.15) is 0 Å². The lowest BCUT2D eigenvalue weighted by atomic mass is 10.1. The largest absolute Gasteiger partial charge is 0.488 e. The van der Waals surface area contributed by atoms with E-state index in [0.29, 0.717) is 13.0 Å². The molecule has 1 amide bonds. The maximum absolute atomic E-state index is 11.7. The molecule has 134 valence electrons. The fraction of sp³-hybridized carbons (Fsp3) is 0.611. The van der Waals surface area contributed by atoms with E-state index < -0.39 is 11.7 Å². The molecule has 6 heteroatoms. The first-order valence-electron chi connectivity index (χ1n) is 8.40. The fourth-order valence-corrected chi connectivity index (χ4v) is 2.59. The Labute approximate surface area is 143 Å². The molecular weight excluding hydrogens is 308 g/mol. The van der Waals surface area contributed by atoms with Crippen molar-refractivity contribution < 1.29 is 19.4 Å². The molecule has 0 aliphatic carbocycles. The monoisotopic (exact) mass is 336 g/mol. The normalized spacial score (nSPS) is 17.6. The van der Waals surface area contributed by atoms with Crippen LogP contribution in [0.25, 0.3) is 0 Å². The van der Waals surface area contributed by atoms with Crippen molar-refractivity contribution in [2.45, 2.75) is 58.3 Å². The van der Waals surface area contributed by atoms with E-state index in [2.05, 4.69) is 16.7 Å². The predicted octanol–water partition coefficient (Wildman–Crippen LogP) is 2.70. The third-order valence-electron chi connectivity index (χ3n) is 3.65. The second kappa shape index (κ2) is 7.75. The maximum Gasteiger partial charge on any atom is 0.407 e. The number of ether oxygens (including phenoxy) is 2. The number of aliphatic hydroxyl groups excluding tert-OH is 1. The molecule has 0 radical (unpaired) electrons. The Morgan fingerprint density at radius 1 is 1.46 bits per heavy atom. The minimum atomic E-state index is -0.505. The Morgan fingerprint density at radius 3 is 2.88 bits per heavy atom. The van der Waals surface area contributed by atoms with Crippen LogP contribution in [0.3, 0.4) is 0 Å². The van der Waals surface area contributed by atoms with E-state index in [-0.39, 0.29) is 18.8 Å². The molecule has 0 saturated heterocycles. The van der Waals surface area contributed by atoms with Crippen molar-refractivity contribution in [2.24, 2.45) is 0 Å². The van der Waals surface area contributed by atoms with Gasteiger partial charge in [-0.3, -0.25) is 0 Å². The number of alkyl carbamates (subject to hydrolysis) is 1. The van der Waals surface area contributed by atoms with E-state index in [0.717, 1.165) is 23.4 Å². The number of hydrogen-bond acceptors (Lipinski definition) is 5. The average molecular weight is 336 g/mol. The number of fused-ring (bicyclic) bond motifs is 1. The highest BCUT2D eigenvalue weighted by molar-refractivity contribution is 5.67. The quantitative estimate of drug-likeness (QED) is 0.744. The number of amides is 1. The van der Waals surface area contributed by atoms with Gasteiger partial charge in [0, 0.05) is 24.8 Å². The van der Waals surface area contributed by atoms with Gasteiger partial charge in [0.1, 0.15) is 17.5 Å². The SMILES string of the molecule is CC(CCO)Nc1ccc2c(c1)CC(CNC(=O)OC(C)(C)C)O2. The van der Waals surface area contributed by atoms with E-state index in [4.69, 9.17) is 14.6 Å². The molecule has 6 nitrogen and oxygen atoms in total. The van der Waals surface area contributed by atoms with Gasteiger partial charge in [-0.1, -0.05) is 0 Å². The van der Waals surface area contributed by atoms with Crippen molar-refractivity contribution in [3.05, 3.63) is 23.8 Å². The smallest absolute Gasteiger partial charge is 0.407 e. The summed E-state index contributed by atoms with van der Waals surface area (Å²) in [7, 11) is 0. The van der Waals surface area contributed by atoms with E-state index in [9.17, 15) is 4.79 Å². The van der Waals surface area contributed by atoms with Crippen LogP contribution < -0.4 is 15.4 Å². The lowest BCUT2D eigenvalue weighted by molar-refractivity contribution is 0.0506. The molecule has 0 spiro atoms. The Balaban J connectivity index is 1.85. The molecule has 0 aromatic heterocycles. The number of hydrogen-bond donors (Lipinski definition) is 3. The molecule has 1 aliphatic heterocycles. The summed E-state index contributed by atoms with van der Waals surface area (Å²) >= 11 is 0. The van der Waals surface area contributed by atoms with Crippen molar-refractivity contribution in [1.29, 1.82) is 0 Å². The zero-order valence-electron chi connectivity index (χ0n) is 14.9. The van der Waals surface area contributed by atoms with Gasteiger partial charge in [0.15, 0.2) is 0 Å². The molecule has 0 saturated carbocycles. The van der Waals surface area contributed by atoms with Crippen LogP contribution in [0.1, 0.15) is 39.7 Å². The summed E-state index contributed by atoms with van der Waals surface area (Å²) in [6, 6.07) is 6.18. The van der Waals surface area contributed by atoms with Crippen molar-refractivity contribution in [2.75, 3.05) is 18.5 Å². The summed E-state index contributed by atoms with van der Waals surface area (Å²) < 4.78 is 11.1. The van der Waals surface area contributed by atoms with Crippen LogP contribution in [-0.2, 0) is 11.2 Å². The Morgan fingerprint density at radius 2 is 2.21 bits per heavy atom. The van der Waals surface area contributed by atoms with Crippen molar-refractivity contribution in [3.63, 3.8) is 0 Å². The summed E-state index contributed by atoms with van der Waals surface area (Å²) in [4.78, 5) is 11.7. The number of anilines is 1. The Bertz CT molecular complexity index is 569. The molecule has 0 bridgehead atoms. The Kier molecular flexibility index (Phi) is 5.94. The Hall–Kier alpha value is -1.95. The first-order chi connectivity index (χ1) is 11.3. The molecule has 2 atom stereocenters. The standard InChI is InChI=1S/C18H28N2O4/c1-12(7-8-21)20-14-5-6-16-13(9-14)10-15(23-16)11-19-17(22)24-18(2,3)4/h5-6,9,12,15,20-21H,7-8,10-11H2,1-4H3,(H,19,22). The zero-order chi connectivity index (χ0) is 17.7. The van der Waals surface area contributed by atoms with Crippen molar-refractivity contribution >= 4 is 11.8 Å². The minimum absolute atomic E-state index is 0.0855. The van der Waals surface area contributed by atoms with Crippen LogP contribution in [0.5, 0.6) is 5.75 Å². The van der Waals surface area contributed by atoms with Gasteiger partial charge < -0.3 is 25.2 Å². The number of carbonyl (C=O) groups is 1. The molecule has 2 rings (SSSR count). The average Bonchev–Trinajstić information content (AvgIpc) is 2.85. The maximum atomic E-state index is 11.7. The first-order valence-corrected chi connectivity index (χ1v) is 8.40. The third-order valence-corrected chi connectivity index (χ3v) is 3.65. The van der Waals surface area contributed by atoms with Crippen molar-refractivity contribution in [1.82, 2.24) is 5.32 Å². The lowest BCUT2D eigenvalue weighted by Crippen LogP contribution is -2.38. The number of nitrogens with one attached hydrogen (secondary N) is 2. The van der Waals surface area contributed by atoms with E-state index in [1.54, 1.807) is 0 Å². The molecule has 2 unspecified atom stereocenters. The van der Waals surface area contributed by atoms with Crippen LogP contribution >= 0.6 is 0 Å². The summed E-state index contributed by atoms with van der Waals surface area (Å²) in [5.74, 6) is 0.853. The second-order valence-electron chi connectivity index (χ2n) is 7.21. The molecule has 1 aromatic rings. The number of rotatable bonds is 6. The number of benzene rings is 1. The highest BCUT2D eigenvalue weighted by Crippen LogP contribution is 2.31. The van der Waals surface area contributed by atoms with E-state index in [1.807, 2.05) is 39.8 Å². The fourth-order valence-electron chi connectivity index (χ4n) is 2.59. The van der Waals surface area contributed by atoms with Gasteiger partial charge in [0.05, 0.1) is 6.54 Å². The van der Waals surface area contributed by atoms with Crippen molar-refractivity contribution in [3.8, 4) is 5.75 Å². The van der Waals surface area contributed by atoms with Crippen LogP contribution in [0, 0.1) is 0 Å². The topological polar surface area (TPSA) is 79.8 Å². The predicted molar refractivity (Wildman–Crippen MR) is 93.6 cm³/mol. The number of carbonyl (C=O) groups excluding carboxylic acids is 1. The molecular formula is C18H28N2O4. The molecule has 1 aliphatic rings. The van der Waals surface area contributed by atoms with Gasteiger partial charge in [-0.15, -0.1) is 0 Å². The molecule has 1 heterocycles. The second-order valence-corrected chi connectivity index (χ2v) is 7.21. The van der Waals surface area contributed by atoms with E-state index in [1.165, 1.54) is 0 Å². The third kappa shape index (κ3) is 5.60. The lowest BCUT2D eigenvalue weighted by Gasteiger charge is -2.20. The van der Waals surface area contributed by atoms with Crippen LogP contribution in [0.2, 0.25) is 0 Å². The molecule has 0 fully saturated rings. The highest BCUT2D eigenvalue weighted by Gasteiger charge is 2.25. The minimum Gasteiger partial charge on any atom is -0.488 e. The van der Waals surface area contributed by atoms with Gasteiger partial charge in [0.2, 0.25) is 0 Å². The summed E-state index contributed by atoms with van der Waals surface area (Å²) in [6.07, 6.45) is 0.935. The van der Waals surface area contributed by atoms with Crippen LogP contribution in [-0.4, -0.2) is 42.1 Å². The van der Waals surface area contributed by atoms with Crippen LogP contribution in [0.15, 0.2) is 18.2 Å². The van der Waals surface area contributed by atoms with Gasteiger partial charge >= 0.3 is 6.09 Å². The molecule has 24 heavy (non-hydrogen) atoms. The van der Waals surface area contributed by atoms with Crippen LogP contribution in [0.4, 0.5) is 10.5 Å². The molecule has 3 N–H and O–H groups in total. The van der Waals surface area contributed by atoms with Gasteiger partial charge in [0.25, 0.3) is 0 Å². The van der Waals surface area contributed by atoms with Gasteiger partial charge in [-0.25, -0.2) is 4.79 Å². The number of aliphatic hydroxyl groups is 1. The van der Waals surface area contributed by atoms with E-state index >= 15 is 0 Å². The highest BCUT2D eigenvalue weighted by atomic mass is 16.6. The summed E-state index contributed by atoms with van der Waals surface area (Å²) in [5.41, 5.74) is 1.63. The molecule has 1 aromatic carbocycles. The first kappa shape index (κ1) is 18.4.